The van der Waals surface area contributed by atoms with Crippen LogP contribution >= 0.6 is 11.6 Å². The molecule has 2 aromatic rings. The van der Waals surface area contributed by atoms with Crippen molar-refractivity contribution >= 4 is 23.0 Å². The minimum Gasteiger partial charge on any atom is -0.399 e. The van der Waals surface area contributed by atoms with Gasteiger partial charge >= 0.3 is 0 Å². The van der Waals surface area contributed by atoms with Gasteiger partial charge in [-0.25, -0.2) is 0 Å². The van der Waals surface area contributed by atoms with Gasteiger partial charge in [-0.3, -0.25) is 0 Å². The molecule has 0 bridgehead atoms. The maximum atomic E-state index is 6.01. The highest BCUT2D eigenvalue weighted by atomic mass is 35.5. The van der Waals surface area contributed by atoms with Gasteiger partial charge in [0.2, 0.25) is 0 Å². The van der Waals surface area contributed by atoms with E-state index < -0.39 is 0 Å². The Morgan fingerprint density at radius 3 is 2.71 bits per heavy atom. The lowest BCUT2D eigenvalue weighted by Gasteiger charge is -2.37. The Hall–Kier alpha value is -1.93. The molecule has 4 rings (SSSR count). The number of allylic oxidation sites excluding steroid dienone is 2. The third-order valence-electron chi connectivity index (χ3n) is 4.62. The van der Waals surface area contributed by atoms with Crippen LogP contribution in [0.4, 0.5) is 11.4 Å². The van der Waals surface area contributed by atoms with Gasteiger partial charge in [0.15, 0.2) is 0 Å². The molecule has 106 valence electrons. The first kappa shape index (κ1) is 12.8. The molecular weight excluding hydrogens is 280 g/mol. The van der Waals surface area contributed by atoms with E-state index in [0.29, 0.717) is 17.9 Å². The average Bonchev–Trinajstić information content (AvgIpc) is 2.97. The zero-order valence-electron chi connectivity index (χ0n) is 11.6. The summed E-state index contributed by atoms with van der Waals surface area (Å²) in [5.74, 6) is 0.992. The molecule has 0 radical (unpaired) electrons. The molecule has 2 aliphatic rings. The predicted octanol–water partition coefficient (Wildman–Crippen LogP) is 4.75. The van der Waals surface area contributed by atoms with Crippen LogP contribution in [0.25, 0.3) is 0 Å². The minimum atomic E-state index is 0.318. The standard InChI is InChI=1S/C18H17ClN2/c19-12-6-4-11(5-7-12)18-15-3-1-2-14(15)16-10-13(20)8-9-17(16)21-18/h1-2,4-10,14-15,18,21H,3,20H2. The van der Waals surface area contributed by atoms with Crippen molar-refractivity contribution < 1.29 is 0 Å². The first-order valence-electron chi connectivity index (χ1n) is 7.30. The SMILES string of the molecule is Nc1ccc2c(c1)C1C=CCC1C(c1ccc(Cl)cc1)N2. The van der Waals surface area contributed by atoms with Crippen LogP contribution in [0.2, 0.25) is 5.02 Å². The molecule has 0 spiro atoms. The quantitative estimate of drug-likeness (QED) is 0.589. The minimum absolute atomic E-state index is 0.318. The number of rotatable bonds is 1. The van der Waals surface area contributed by atoms with E-state index in [0.717, 1.165) is 17.1 Å². The van der Waals surface area contributed by atoms with Crippen molar-refractivity contribution in [2.75, 3.05) is 11.1 Å². The molecule has 3 N–H and O–H groups in total. The number of hydrogen-bond acceptors (Lipinski definition) is 2. The maximum absolute atomic E-state index is 6.01. The summed E-state index contributed by atoms with van der Waals surface area (Å²) >= 11 is 6.01. The summed E-state index contributed by atoms with van der Waals surface area (Å²) in [6, 6.07) is 14.7. The van der Waals surface area contributed by atoms with E-state index in [9.17, 15) is 0 Å². The van der Waals surface area contributed by atoms with Gasteiger partial charge < -0.3 is 11.1 Å². The predicted molar refractivity (Wildman–Crippen MR) is 88.7 cm³/mol. The van der Waals surface area contributed by atoms with Gasteiger partial charge in [0.25, 0.3) is 0 Å². The Morgan fingerprint density at radius 2 is 1.90 bits per heavy atom. The first-order chi connectivity index (χ1) is 10.2. The number of anilines is 2. The second-order valence-electron chi connectivity index (χ2n) is 5.87. The van der Waals surface area contributed by atoms with Crippen molar-refractivity contribution in [3.8, 4) is 0 Å². The van der Waals surface area contributed by atoms with Crippen molar-refractivity contribution in [3.63, 3.8) is 0 Å². The number of nitrogens with two attached hydrogens (primary N) is 1. The van der Waals surface area contributed by atoms with Gasteiger partial charge in [-0.2, -0.15) is 0 Å². The van der Waals surface area contributed by atoms with Crippen LogP contribution in [-0.4, -0.2) is 0 Å². The van der Waals surface area contributed by atoms with Crippen LogP contribution < -0.4 is 11.1 Å². The van der Waals surface area contributed by atoms with Gasteiger partial charge in [0.1, 0.15) is 0 Å². The van der Waals surface area contributed by atoms with E-state index in [4.69, 9.17) is 17.3 Å². The van der Waals surface area contributed by atoms with Gasteiger partial charge in [0.05, 0.1) is 6.04 Å². The normalized spacial score (nSPS) is 26.0. The fraction of sp³-hybridized carbons (Fsp3) is 0.222. The molecule has 2 nitrogen and oxygen atoms in total. The average molecular weight is 297 g/mol. The molecule has 3 unspecified atom stereocenters. The Kier molecular flexibility index (Phi) is 2.93. The molecule has 21 heavy (non-hydrogen) atoms. The Balaban J connectivity index is 1.78. The van der Waals surface area contributed by atoms with E-state index in [1.807, 2.05) is 18.2 Å². The van der Waals surface area contributed by atoms with Crippen LogP contribution in [-0.2, 0) is 0 Å². The molecule has 0 fully saturated rings. The molecule has 3 heteroatoms. The molecule has 0 saturated heterocycles. The summed E-state index contributed by atoms with van der Waals surface area (Å²) in [4.78, 5) is 0. The Labute approximate surface area is 129 Å². The fourth-order valence-electron chi connectivity index (χ4n) is 3.61. The third kappa shape index (κ3) is 2.11. The fourth-order valence-corrected chi connectivity index (χ4v) is 3.74. The summed E-state index contributed by atoms with van der Waals surface area (Å²) in [5, 5.41) is 4.47. The third-order valence-corrected chi connectivity index (χ3v) is 4.87. The van der Waals surface area contributed by atoms with Gasteiger partial charge in [-0.1, -0.05) is 35.9 Å². The van der Waals surface area contributed by atoms with Gasteiger partial charge in [-0.05, 0) is 53.8 Å². The van der Waals surface area contributed by atoms with E-state index in [1.165, 1.54) is 16.8 Å². The van der Waals surface area contributed by atoms with E-state index >= 15 is 0 Å². The number of nitrogen functional groups attached to an aromatic ring is 1. The molecule has 1 aliphatic heterocycles. The van der Waals surface area contributed by atoms with Crippen molar-refractivity contribution in [1.82, 2.24) is 0 Å². The molecule has 2 aromatic carbocycles. The van der Waals surface area contributed by atoms with Crippen LogP contribution in [0.1, 0.15) is 29.5 Å². The van der Waals surface area contributed by atoms with Crippen molar-refractivity contribution in [3.05, 3.63) is 70.8 Å². The second kappa shape index (κ2) is 4.81. The lowest BCUT2D eigenvalue weighted by Crippen LogP contribution is -2.29. The number of benzene rings is 2. The Morgan fingerprint density at radius 1 is 1.10 bits per heavy atom. The highest BCUT2D eigenvalue weighted by Crippen LogP contribution is 2.50. The number of halogens is 1. The van der Waals surface area contributed by atoms with E-state index in [-0.39, 0.29) is 0 Å². The Bertz CT molecular complexity index is 706. The molecular formula is C18H17ClN2. The maximum Gasteiger partial charge on any atom is 0.0553 e. The number of fused-ring (bicyclic) bond motifs is 3. The molecule has 0 aromatic heterocycles. The first-order valence-corrected chi connectivity index (χ1v) is 7.68. The lowest BCUT2D eigenvalue weighted by molar-refractivity contribution is 0.426. The highest BCUT2D eigenvalue weighted by Gasteiger charge is 2.37. The molecule has 1 heterocycles. The lowest BCUT2D eigenvalue weighted by atomic mass is 9.77. The summed E-state index contributed by atoms with van der Waals surface area (Å²) in [7, 11) is 0. The van der Waals surface area contributed by atoms with Crippen LogP contribution in [0.15, 0.2) is 54.6 Å². The number of hydrogen-bond donors (Lipinski definition) is 2. The van der Waals surface area contributed by atoms with Crippen LogP contribution in [0.3, 0.4) is 0 Å². The number of nitrogens with one attached hydrogen (secondary N) is 1. The van der Waals surface area contributed by atoms with E-state index in [2.05, 4.69) is 41.7 Å². The summed E-state index contributed by atoms with van der Waals surface area (Å²) in [5.41, 5.74) is 10.6. The topological polar surface area (TPSA) is 38.0 Å². The van der Waals surface area contributed by atoms with Crippen LogP contribution in [0, 0.1) is 5.92 Å². The van der Waals surface area contributed by atoms with Crippen LogP contribution in [0.5, 0.6) is 0 Å². The molecule has 0 saturated carbocycles. The van der Waals surface area contributed by atoms with E-state index in [1.54, 1.807) is 0 Å². The summed E-state index contributed by atoms with van der Waals surface area (Å²) in [6.45, 7) is 0. The van der Waals surface area contributed by atoms with Crippen molar-refractivity contribution in [2.45, 2.75) is 18.4 Å². The van der Waals surface area contributed by atoms with Gasteiger partial charge in [0, 0.05) is 22.3 Å². The smallest absolute Gasteiger partial charge is 0.0553 e. The molecule has 1 aliphatic carbocycles. The summed E-state index contributed by atoms with van der Waals surface area (Å²) in [6.07, 6.45) is 5.71. The zero-order chi connectivity index (χ0) is 14.4. The largest absolute Gasteiger partial charge is 0.399 e. The summed E-state index contributed by atoms with van der Waals surface area (Å²) < 4.78 is 0. The van der Waals surface area contributed by atoms with Crippen molar-refractivity contribution in [2.24, 2.45) is 5.92 Å². The molecule has 0 amide bonds. The highest BCUT2D eigenvalue weighted by molar-refractivity contribution is 6.30. The van der Waals surface area contributed by atoms with Crippen molar-refractivity contribution in [1.29, 1.82) is 0 Å². The van der Waals surface area contributed by atoms with Gasteiger partial charge in [-0.15, -0.1) is 0 Å². The molecule has 3 atom stereocenters. The monoisotopic (exact) mass is 296 g/mol. The zero-order valence-corrected chi connectivity index (χ0v) is 12.3. The second-order valence-corrected chi connectivity index (χ2v) is 6.31.